The maximum Gasteiger partial charge on any atom is 0.337 e. The van der Waals surface area contributed by atoms with Gasteiger partial charge in [-0.25, -0.2) is 9.78 Å². The number of hydrogen-bond acceptors (Lipinski definition) is 4. The molecule has 0 amide bonds. The molecule has 2 rings (SSSR count). The van der Waals surface area contributed by atoms with Crippen LogP contribution < -0.4 is 4.74 Å². The topological polar surface area (TPSA) is 62.7 Å². The summed E-state index contributed by atoms with van der Waals surface area (Å²) < 4.78 is 5.44. The number of ether oxygens (including phenoxy) is 1. The fourth-order valence-corrected chi connectivity index (χ4v) is 2.13. The molecular weight excluding hydrogens is 256 g/mol. The summed E-state index contributed by atoms with van der Waals surface area (Å²) in [6, 6.07) is 1.36. The van der Waals surface area contributed by atoms with Gasteiger partial charge in [0.1, 0.15) is 6.61 Å². The summed E-state index contributed by atoms with van der Waals surface area (Å²) in [7, 11) is 0. The van der Waals surface area contributed by atoms with Gasteiger partial charge in [0.15, 0.2) is 0 Å². The summed E-state index contributed by atoms with van der Waals surface area (Å²) in [5.74, 6) is -0.775. The molecule has 0 bridgehead atoms. The Morgan fingerprint density at radius 1 is 1.50 bits per heavy atom. The SMILES string of the molecule is O=C(O)c1cc(OCCN2CCCC2)ncc1Cl. The van der Waals surface area contributed by atoms with E-state index >= 15 is 0 Å². The average molecular weight is 271 g/mol. The number of nitrogens with zero attached hydrogens (tertiary/aromatic N) is 2. The number of hydrogen-bond donors (Lipinski definition) is 1. The molecule has 1 N–H and O–H groups in total. The molecule has 0 aromatic carbocycles. The Morgan fingerprint density at radius 3 is 2.89 bits per heavy atom. The molecule has 1 aliphatic rings. The van der Waals surface area contributed by atoms with Gasteiger partial charge in [0, 0.05) is 12.6 Å². The van der Waals surface area contributed by atoms with Crippen LogP contribution in [0.15, 0.2) is 12.3 Å². The van der Waals surface area contributed by atoms with Gasteiger partial charge in [-0.15, -0.1) is 0 Å². The second-order valence-corrected chi connectivity index (χ2v) is 4.61. The van der Waals surface area contributed by atoms with Crippen LogP contribution in [-0.2, 0) is 0 Å². The van der Waals surface area contributed by atoms with Gasteiger partial charge in [-0.2, -0.15) is 0 Å². The van der Waals surface area contributed by atoms with Crippen molar-refractivity contribution >= 4 is 17.6 Å². The van der Waals surface area contributed by atoms with Gasteiger partial charge in [-0.1, -0.05) is 11.6 Å². The van der Waals surface area contributed by atoms with Crippen molar-refractivity contribution in [2.75, 3.05) is 26.2 Å². The Hall–Kier alpha value is -1.33. The summed E-state index contributed by atoms with van der Waals surface area (Å²) in [6.07, 6.45) is 3.78. The van der Waals surface area contributed by atoms with Crippen LogP contribution >= 0.6 is 11.6 Å². The van der Waals surface area contributed by atoms with Gasteiger partial charge in [0.2, 0.25) is 5.88 Å². The lowest BCUT2D eigenvalue weighted by molar-refractivity contribution is 0.0696. The second-order valence-electron chi connectivity index (χ2n) is 4.20. The third kappa shape index (κ3) is 3.34. The van der Waals surface area contributed by atoms with Gasteiger partial charge in [0.05, 0.1) is 16.8 Å². The number of aromatic nitrogens is 1. The van der Waals surface area contributed by atoms with Crippen molar-refractivity contribution in [2.24, 2.45) is 0 Å². The minimum Gasteiger partial charge on any atom is -0.478 e. The highest BCUT2D eigenvalue weighted by Gasteiger charge is 2.13. The van der Waals surface area contributed by atoms with Crippen LogP contribution in [0.5, 0.6) is 5.88 Å². The molecule has 1 saturated heterocycles. The number of aromatic carboxylic acids is 1. The van der Waals surface area contributed by atoms with Crippen LogP contribution in [0.3, 0.4) is 0 Å². The number of likely N-dealkylation sites (tertiary alicyclic amines) is 1. The van der Waals surface area contributed by atoms with E-state index < -0.39 is 5.97 Å². The highest BCUT2D eigenvalue weighted by Crippen LogP contribution is 2.19. The van der Waals surface area contributed by atoms with Crippen molar-refractivity contribution in [3.63, 3.8) is 0 Å². The van der Waals surface area contributed by atoms with Crippen molar-refractivity contribution in [3.05, 3.63) is 22.8 Å². The van der Waals surface area contributed by atoms with E-state index in [4.69, 9.17) is 21.4 Å². The Morgan fingerprint density at radius 2 is 2.22 bits per heavy atom. The first-order valence-corrected chi connectivity index (χ1v) is 6.28. The zero-order valence-corrected chi connectivity index (χ0v) is 10.7. The summed E-state index contributed by atoms with van der Waals surface area (Å²) in [6.45, 7) is 3.57. The van der Waals surface area contributed by atoms with Crippen molar-refractivity contribution in [1.29, 1.82) is 0 Å². The number of carboxylic acids is 1. The molecule has 2 heterocycles. The maximum absolute atomic E-state index is 10.9. The molecule has 1 aromatic heterocycles. The third-order valence-corrected chi connectivity index (χ3v) is 3.22. The lowest BCUT2D eigenvalue weighted by Gasteiger charge is -2.14. The highest BCUT2D eigenvalue weighted by molar-refractivity contribution is 6.33. The Labute approximate surface area is 110 Å². The van der Waals surface area contributed by atoms with E-state index in [2.05, 4.69) is 9.88 Å². The van der Waals surface area contributed by atoms with Crippen molar-refractivity contribution in [1.82, 2.24) is 9.88 Å². The third-order valence-electron chi connectivity index (χ3n) is 2.92. The molecule has 98 valence electrons. The van der Waals surface area contributed by atoms with Crippen LogP contribution in [-0.4, -0.2) is 47.2 Å². The number of rotatable bonds is 5. The summed E-state index contributed by atoms with van der Waals surface area (Å²) in [5.41, 5.74) is 0.0165. The van der Waals surface area contributed by atoms with Crippen LogP contribution in [0.1, 0.15) is 23.2 Å². The van der Waals surface area contributed by atoms with Gasteiger partial charge in [0.25, 0.3) is 0 Å². The minimum atomic E-state index is -1.08. The van der Waals surface area contributed by atoms with Crippen LogP contribution in [0.4, 0.5) is 0 Å². The van der Waals surface area contributed by atoms with Gasteiger partial charge >= 0.3 is 5.97 Å². The molecular formula is C12H15ClN2O3. The molecule has 1 aromatic rings. The van der Waals surface area contributed by atoms with E-state index in [1.807, 2.05) is 0 Å². The first kappa shape index (κ1) is 13.1. The number of carbonyl (C=O) groups is 1. The van der Waals surface area contributed by atoms with E-state index in [9.17, 15) is 4.79 Å². The summed E-state index contributed by atoms with van der Waals surface area (Å²) >= 11 is 5.72. The van der Waals surface area contributed by atoms with E-state index in [1.165, 1.54) is 25.1 Å². The molecule has 1 aliphatic heterocycles. The molecule has 6 heteroatoms. The molecule has 18 heavy (non-hydrogen) atoms. The molecule has 1 fully saturated rings. The van der Waals surface area contributed by atoms with Crippen LogP contribution in [0.2, 0.25) is 5.02 Å². The molecule has 0 unspecified atom stereocenters. The van der Waals surface area contributed by atoms with E-state index in [1.54, 1.807) is 0 Å². The zero-order chi connectivity index (χ0) is 13.0. The van der Waals surface area contributed by atoms with Crippen molar-refractivity contribution in [2.45, 2.75) is 12.8 Å². The van der Waals surface area contributed by atoms with Gasteiger partial charge in [-0.3, -0.25) is 4.90 Å². The quantitative estimate of drug-likeness (QED) is 0.885. The Bertz CT molecular complexity index is 433. The largest absolute Gasteiger partial charge is 0.478 e. The monoisotopic (exact) mass is 270 g/mol. The van der Waals surface area contributed by atoms with E-state index in [0.717, 1.165) is 19.6 Å². The summed E-state index contributed by atoms with van der Waals surface area (Å²) in [4.78, 5) is 17.1. The minimum absolute atomic E-state index is 0.0165. The Balaban J connectivity index is 1.88. The molecule has 0 aliphatic carbocycles. The first-order chi connectivity index (χ1) is 8.66. The molecule has 0 radical (unpaired) electrons. The number of carboxylic acid groups (broad SMARTS) is 1. The summed E-state index contributed by atoms with van der Waals surface area (Å²) in [5, 5.41) is 9.03. The zero-order valence-electron chi connectivity index (χ0n) is 9.93. The van der Waals surface area contributed by atoms with E-state index in [-0.39, 0.29) is 10.6 Å². The lowest BCUT2D eigenvalue weighted by atomic mass is 10.3. The number of halogens is 1. The maximum atomic E-state index is 10.9. The molecule has 0 atom stereocenters. The first-order valence-electron chi connectivity index (χ1n) is 5.91. The average Bonchev–Trinajstić information content (AvgIpc) is 2.84. The molecule has 0 saturated carbocycles. The standard InChI is InChI=1S/C12H15ClN2O3/c13-10-8-14-11(7-9(10)12(16)17)18-6-5-15-3-1-2-4-15/h7-8H,1-6H2,(H,16,17). The van der Waals surface area contributed by atoms with Crippen LogP contribution in [0.25, 0.3) is 0 Å². The Kier molecular flexibility index (Phi) is 4.38. The van der Waals surface area contributed by atoms with Crippen molar-refractivity contribution < 1.29 is 14.6 Å². The van der Waals surface area contributed by atoms with E-state index in [0.29, 0.717) is 12.5 Å². The lowest BCUT2D eigenvalue weighted by Crippen LogP contribution is -2.25. The predicted octanol–water partition coefficient (Wildman–Crippen LogP) is 1.91. The smallest absolute Gasteiger partial charge is 0.337 e. The fraction of sp³-hybridized carbons (Fsp3) is 0.500. The highest BCUT2D eigenvalue weighted by atomic mass is 35.5. The van der Waals surface area contributed by atoms with Crippen LogP contribution in [0, 0.1) is 0 Å². The normalized spacial score (nSPS) is 15.8. The second kappa shape index (κ2) is 6.02. The van der Waals surface area contributed by atoms with Gasteiger partial charge in [-0.05, 0) is 25.9 Å². The van der Waals surface area contributed by atoms with Crippen molar-refractivity contribution in [3.8, 4) is 5.88 Å². The fourth-order valence-electron chi connectivity index (χ4n) is 1.95. The van der Waals surface area contributed by atoms with Gasteiger partial charge < -0.3 is 9.84 Å². The molecule has 5 nitrogen and oxygen atoms in total. The predicted molar refractivity (Wildman–Crippen MR) is 67.4 cm³/mol. The molecule has 0 spiro atoms. The number of pyridine rings is 1.